The van der Waals surface area contributed by atoms with Crippen molar-refractivity contribution in [1.29, 1.82) is 0 Å². The molecule has 0 aliphatic carbocycles. The van der Waals surface area contributed by atoms with Gasteiger partial charge < -0.3 is 9.64 Å². The first-order valence-corrected chi connectivity index (χ1v) is 11.2. The number of hydrogen-bond donors (Lipinski definition) is 0. The van der Waals surface area contributed by atoms with Gasteiger partial charge in [0.1, 0.15) is 5.75 Å². The van der Waals surface area contributed by atoms with Crippen molar-refractivity contribution in [3.8, 4) is 5.75 Å². The second kappa shape index (κ2) is 8.97. The predicted molar refractivity (Wildman–Crippen MR) is 112 cm³/mol. The summed E-state index contributed by atoms with van der Waals surface area (Å²) in [5, 5.41) is 0. The van der Waals surface area contributed by atoms with E-state index in [1.165, 1.54) is 4.31 Å². The summed E-state index contributed by atoms with van der Waals surface area (Å²) in [6.45, 7) is 2.70. The van der Waals surface area contributed by atoms with E-state index in [9.17, 15) is 13.2 Å². The molecule has 1 amide bonds. The molecule has 6 nitrogen and oxygen atoms in total. The summed E-state index contributed by atoms with van der Waals surface area (Å²) in [6, 6.07) is 16.3. The van der Waals surface area contributed by atoms with Gasteiger partial charge in [0.15, 0.2) is 0 Å². The molecule has 0 bridgehead atoms. The first kappa shape index (κ1) is 21.3. The van der Waals surface area contributed by atoms with Gasteiger partial charge in [-0.05, 0) is 49.6 Å². The fourth-order valence-corrected chi connectivity index (χ4v) is 5.14. The average Bonchev–Trinajstić information content (AvgIpc) is 2.78. The van der Waals surface area contributed by atoms with Gasteiger partial charge in [-0.3, -0.25) is 4.79 Å². The molecule has 2 aromatic carbocycles. The van der Waals surface area contributed by atoms with Gasteiger partial charge in [0.25, 0.3) is 0 Å². The second-order valence-electron chi connectivity index (χ2n) is 7.39. The van der Waals surface area contributed by atoms with E-state index < -0.39 is 10.0 Å². The smallest absolute Gasteiger partial charge is 0.243 e. The molecule has 2 aromatic rings. The number of carbonyl (C=O) groups excluding carboxylic acids is 1. The van der Waals surface area contributed by atoms with E-state index in [1.54, 1.807) is 36.3 Å². The van der Waals surface area contributed by atoms with Gasteiger partial charge in [0.05, 0.1) is 18.0 Å². The highest BCUT2D eigenvalue weighted by Gasteiger charge is 2.34. The van der Waals surface area contributed by atoms with Crippen LogP contribution in [-0.4, -0.2) is 50.8 Å². The van der Waals surface area contributed by atoms with E-state index in [0.29, 0.717) is 31.7 Å². The Kier molecular flexibility index (Phi) is 6.59. The first-order valence-electron chi connectivity index (χ1n) is 9.80. The van der Waals surface area contributed by atoms with E-state index in [2.05, 4.69) is 0 Å². The third-order valence-corrected chi connectivity index (χ3v) is 7.62. The lowest BCUT2D eigenvalue weighted by Crippen LogP contribution is -2.43. The third-order valence-electron chi connectivity index (χ3n) is 5.71. The van der Waals surface area contributed by atoms with Crippen molar-refractivity contribution in [3.05, 3.63) is 60.2 Å². The topological polar surface area (TPSA) is 66.9 Å². The fraction of sp³-hybridized carbons (Fsp3) is 0.409. The molecule has 3 rings (SSSR count). The van der Waals surface area contributed by atoms with Gasteiger partial charge in [0, 0.05) is 26.1 Å². The molecule has 1 fully saturated rings. The van der Waals surface area contributed by atoms with Gasteiger partial charge in [-0.1, -0.05) is 30.3 Å². The molecule has 0 N–H and O–H groups in total. The lowest BCUT2D eigenvalue weighted by atomic mass is 9.95. The van der Waals surface area contributed by atoms with Crippen LogP contribution in [-0.2, 0) is 14.8 Å². The molecule has 1 atom stereocenters. The van der Waals surface area contributed by atoms with Crippen molar-refractivity contribution >= 4 is 15.9 Å². The maximum absolute atomic E-state index is 13.0. The largest absolute Gasteiger partial charge is 0.497 e. The molecule has 0 saturated carbocycles. The molecular formula is C22H28N2O4S. The van der Waals surface area contributed by atoms with Crippen LogP contribution in [0.15, 0.2) is 59.5 Å². The number of carbonyl (C=O) groups is 1. The highest BCUT2D eigenvalue weighted by molar-refractivity contribution is 7.89. The molecule has 1 heterocycles. The van der Waals surface area contributed by atoms with E-state index in [0.717, 1.165) is 5.56 Å². The number of rotatable bonds is 6. The minimum absolute atomic E-state index is 0.0234. The summed E-state index contributed by atoms with van der Waals surface area (Å²) in [4.78, 5) is 15.0. The minimum atomic E-state index is -3.56. The lowest BCUT2D eigenvalue weighted by Gasteiger charge is -2.34. The molecule has 29 heavy (non-hydrogen) atoms. The standard InChI is InChI=1S/C22H28N2O4S/c1-17(18-7-5-4-6-8-18)23(2)22(25)19-13-15-24(16-14-19)29(26,27)21-11-9-20(28-3)10-12-21/h4-12,17,19H,13-16H2,1-3H3. The molecule has 0 spiro atoms. The molecular weight excluding hydrogens is 388 g/mol. The highest BCUT2D eigenvalue weighted by Crippen LogP contribution is 2.28. The zero-order valence-electron chi connectivity index (χ0n) is 17.1. The van der Waals surface area contributed by atoms with Gasteiger partial charge in [-0.25, -0.2) is 8.42 Å². The fourth-order valence-electron chi connectivity index (χ4n) is 3.67. The monoisotopic (exact) mass is 416 g/mol. The Hall–Kier alpha value is -2.38. The van der Waals surface area contributed by atoms with Crippen molar-refractivity contribution < 1.29 is 17.9 Å². The number of piperidine rings is 1. The average molecular weight is 417 g/mol. The minimum Gasteiger partial charge on any atom is -0.497 e. The van der Waals surface area contributed by atoms with Crippen LogP contribution in [0.4, 0.5) is 0 Å². The normalized spacial score (nSPS) is 16.9. The van der Waals surface area contributed by atoms with Gasteiger partial charge in [-0.2, -0.15) is 4.31 Å². The van der Waals surface area contributed by atoms with Crippen molar-refractivity contribution in [3.63, 3.8) is 0 Å². The summed E-state index contributed by atoms with van der Waals surface area (Å²) in [6.07, 6.45) is 1.06. The van der Waals surface area contributed by atoms with Gasteiger partial charge in [0.2, 0.25) is 15.9 Å². The van der Waals surface area contributed by atoms with Crippen LogP contribution in [0, 0.1) is 5.92 Å². The van der Waals surface area contributed by atoms with Crippen LogP contribution in [0.5, 0.6) is 5.75 Å². The zero-order valence-corrected chi connectivity index (χ0v) is 17.9. The number of hydrogen-bond acceptors (Lipinski definition) is 4. The summed E-state index contributed by atoms with van der Waals surface area (Å²) in [5.41, 5.74) is 1.09. The van der Waals surface area contributed by atoms with Crippen LogP contribution >= 0.6 is 0 Å². The van der Waals surface area contributed by atoms with E-state index in [4.69, 9.17) is 4.74 Å². The molecule has 1 saturated heterocycles. The van der Waals surface area contributed by atoms with Crippen molar-refractivity contribution in [1.82, 2.24) is 9.21 Å². The number of ether oxygens (including phenoxy) is 1. The Morgan fingerprint density at radius 3 is 2.21 bits per heavy atom. The molecule has 0 aromatic heterocycles. The Bertz CT molecular complexity index is 921. The maximum Gasteiger partial charge on any atom is 0.243 e. The Labute approximate surface area is 173 Å². The summed E-state index contributed by atoms with van der Waals surface area (Å²) in [5.74, 6) is 0.528. The molecule has 1 unspecified atom stereocenters. The Morgan fingerprint density at radius 2 is 1.66 bits per heavy atom. The second-order valence-corrected chi connectivity index (χ2v) is 9.33. The van der Waals surface area contributed by atoms with Crippen molar-refractivity contribution in [2.75, 3.05) is 27.2 Å². The number of nitrogens with zero attached hydrogens (tertiary/aromatic N) is 2. The third kappa shape index (κ3) is 4.62. The van der Waals surface area contributed by atoms with Crippen molar-refractivity contribution in [2.45, 2.75) is 30.7 Å². The van der Waals surface area contributed by atoms with E-state index >= 15 is 0 Å². The SMILES string of the molecule is COc1ccc(S(=O)(=O)N2CCC(C(=O)N(C)C(C)c3ccccc3)CC2)cc1. The summed E-state index contributed by atoms with van der Waals surface area (Å²) < 4.78 is 32.3. The van der Waals surface area contributed by atoms with E-state index in [-0.39, 0.29) is 22.8 Å². The molecule has 7 heteroatoms. The summed E-state index contributed by atoms with van der Waals surface area (Å²) >= 11 is 0. The lowest BCUT2D eigenvalue weighted by molar-refractivity contribution is -0.137. The maximum atomic E-state index is 13.0. The van der Waals surface area contributed by atoms with E-state index in [1.807, 2.05) is 44.3 Å². The Morgan fingerprint density at radius 1 is 1.07 bits per heavy atom. The number of amides is 1. The highest BCUT2D eigenvalue weighted by atomic mass is 32.2. The quantitative estimate of drug-likeness (QED) is 0.725. The van der Waals surface area contributed by atoms with Crippen LogP contribution < -0.4 is 4.74 Å². The Balaban J connectivity index is 1.62. The number of methoxy groups -OCH3 is 1. The van der Waals surface area contributed by atoms with Crippen LogP contribution in [0.25, 0.3) is 0 Å². The molecule has 156 valence electrons. The van der Waals surface area contributed by atoms with Crippen LogP contribution in [0.2, 0.25) is 0 Å². The molecule has 0 radical (unpaired) electrons. The van der Waals surface area contributed by atoms with Crippen LogP contribution in [0.3, 0.4) is 0 Å². The van der Waals surface area contributed by atoms with Crippen molar-refractivity contribution in [2.24, 2.45) is 5.92 Å². The first-order chi connectivity index (χ1) is 13.8. The van der Waals surface area contributed by atoms with Crippen LogP contribution in [0.1, 0.15) is 31.4 Å². The number of benzene rings is 2. The molecule has 1 aliphatic heterocycles. The predicted octanol–water partition coefficient (Wildman–Crippen LogP) is 3.32. The van der Waals surface area contributed by atoms with Gasteiger partial charge in [-0.15, -0.1) is 0 Å². The van der Waals surface area contributed by atoms with Gasteiger partial charge >= 0.3 is 0 Å². The molecule has 1 aliphatic rings. The summed E-state index contributed by atoms with van der Waals surface area (Å²) in [7, 11) is -0.200. The number of sulfonamides is 1. The zero-order chi connectivity index (χ0) is 21.0.